The first-order chi connectivity index (χ1) is 11.9. The summed E-state index contributed by atoms with van der Waals surface area (Å²) in [5, 5.41) is 10.7. The molecule has 0 spiro atoms. The lowest BCUT2D eigenvalue weighted by atomic mass is 10.2. The van der Waals surface area contributed by atoms with E-state index in [1.165, 1.54) is 0 Å². The number of nitrogens with zero attached hydrogens (tertiary/aromatic N) is 3. The lowest BCUT2D eigenvalue weighted by Crippen LogP contribution is -2.27. The van der Waals surface area contributed by atoms with Gasteiger partial charge in [-0.05, 0) is 36.4 Å². The number of hydrazone groups is 2. The van der Waals surface area contributed by atoms with Gasteiger partial charge in [0.15, 0.2) is 0 Å². The van der Waals surface area contributed by atoms with Crippen molar-refractivity contribution < 1.29 is 4.74 Å². The maximum atomic E-state index is 5.97. The van der Waals surface area contributed by atoms with Crippen LogP contribution in [0.25, 0.3) is 0 Å². The van der Waals surface area contributed by atoms with Gasteiger partial charge in [-0.25, -0.2) is 0 Å². The second-order valence-electron chi connectivity index (χ2n) is 5.27. The molecule has 0 aromatic heterocycles. The molecule has 0 aliphatic carbocycles. The molecule has 0 saturated heterocycles. The van der Waals surface area contributed by atoms with Gasteiger partial charge >= 0.3 is 0 Å². The van der Waals surface area contributed by atoms with Crippen molar-refractivity contribution in [2.24, 2.45) is 10.2 Å². The van der Waals surface area contributed by atoms with Crippen LogP contribution in [0, 0.1) is 0 Å². The molecule has 0 unspecified atom stereocenters. The van der Waals surface area contributed by atoms with Crippen molar-refractivity contribution in [1.82, 2.24) is 0 Å². The summed E-state index contributed by atoms with van der Waals surface area (Å²) >= 11 is 0. The molecule has 4 nitrogen and oxygen atoms in total. The maximum Gasteiger partial charge on any atom is 0.248 e. The number of hydrogen-bond donors (Lipinski definition) is 0. The predicted octanol–water partition coefficient (Wildman–Crippen LogP) is 4.25. The highest BCUT2D eigenvalue weighted by Gasteiger charge is 2.20. The average molecular weight is 313 g/mol. The van der Waals surface area contributed by atoms with Crippen LogP contribution in [0.5, 0.6) is 0 Å². The summed E-state index contributed by atoms with van der Waals surface area (Å²) in [5.74, 6) is 1.04. The number of benzene rings is 3. The summed E-state index contributed by atoms with van der Waals surface area (Å²) in [6.45, 7) is 0. The molecule has 1 heterocycles. The Morgan fingerprint density at radius 2 is 0.958 bits per heavy atom. The topological polar surface area (TPSA) is 37.2 Å². The van der Waals surface area contributed by atoms with Gasteiger partial charge in [0.1, 0.15) is 0 Å². The second-order valence-corrected chi connectivity index (χ2v) is 5.27. The number of para-hydroxylation sites is 1. The van der Waals surface area contributed by atoms with Crippen LogP contribution in [0.2, 0.25) is 0 Å². The molecule has 24 heavy (non-hydrogen) atoms. The van der Waals surface area contributed by atoms with Crippen LogP contribution in [-0.2, 0) is 4.74 Å². The van der Waals surface area contributed by atoms with E-state index in [0.717, 1.165) is 16.8 Å². The standard InChI is InChI=1S/C20H15N3O/c1-4-10-16(11-5-1)19-21-23(18-14-8-3-9-15-18)22-20(24-19)17-12-6-2-7-13-17/h1-15H. The molecule has 0 atom stereocenters. The molecule has 0 radical (unpaired) electrons. The molecule has 116 valence electrons. The first-order valence-corrected chi connectivity index (χ1v) is 7.71. The molecule has 0 fully saturated rings. The quantitative estimate of drug-likeness (QED) is 0.725. The van der Waals surface area contributed by atoms with Gasteiger partial charge in [0.05, 0.1) is 5.69 Å². The molecule has 0 bridgehead atoms. The average Bonchev–Trinajstić information content (AvgIpc) is 2.70. The lowest BCUT2D eigenvalue weighted by Gasteiger charge is -2.22. The number of hydrogen-bond acceptors (Lipinski definition) is 4. The smallest absolute Gasteiger partial charge is 0.248 e. The van der Waals surface area contributed by atoms with Crippen molar-refractivity contribution in [3.8, 4) is 0 Å². The van der Waals surface area contributed by atoms with Crippen molar-refractivity contribution >= 4 is 17.5 Å². The molecule has 1 aliphatic rings. The molecule has 3 aromatic rings. The van der Waals surface area contributed by atoms with E-state index in [1.807, 2.05) is 91.0 Å². The van der Waals surface area contributed by atoms with Gasteiger partial charge in [-0.15, -0.1) is 15.3 Å². The Balaban J connectivity index is 1.78. The largest absolute Gasteiger partial charge is 0.416 e. The minimum Gasteiger partial charge on any atom is -0.416 e. The monoisotopic (exact) mass is 313 g/mol. The van der Waals surface area contributed by atoms with Gasteiger partial charge in [0, 0.05) is 11.1 Å². The van der Waals surface area contributed by atoms with Gasteiger partial charge in [0.2, 0.25) is 11.8 Å². The number of ether oxygens (including phenoxy) is 1. The zero-order valence-electron chi connectivity index (χ0n) is 12.9. The van der Waals surface area contributed by atoms with Gasteiger partial charge in [-0.2, -0.15) is 0 Å². The van der Waals surface area contributed by atoms with Gasteiger partial charge in [-0.3, -0.25) is 0 Å². The molecule has 0 saturated carbocycles. The van der Waals surface area contributed by atoms with Crippen LogP contribution >= 0.6 is 0 Å². The predicted molar refractivity (Wildman–Crippen MR) is 96.0 cm³/mol. The van der Waals surface area contributed by atoms with Gasteiger partial charge in [0.25, 0.3) is 0 Å². The van der Waals surface area contributed by atoms with E-state index in [4.69, 9.17) is 4.74 Å². The fourth-order valence-corrected chi connectivity index (χ4v) is 2.40. The highest BCUT2D eigenvalue weighted by Crippen LogP contribution is 2.21. The Hall–Kier alpha value is -3.40. The van der Waals surface area contributed by atoms with Gasteiger partial charge in [-0.1, -0.05) is 54.6 Å². The third-order valence-electron chi connectivity index (χ3n) is 3.59. The summed E-state index contributed by atoms with van der Waals surface area (Å²) < 4.78 is 5.97. The Kier molecular flexibility index (Phi) is 3.78. The highest BCUT2D eigenvalue weighted by atomic mass is 16.5. The van der Waals surface area contributed by atoms with Crippen LogP contribution in [0.3, 0.4) is 0 Å². The number of rotatable bonds is 3. The van der Waals surface area contributed by atoms with Crippen LogP contribution < -0.4 is 5.12 Å². The highest BCUT2D eigenvalue weighted by molar-refractivity contribution is 6.08. The van der Waals surface area contributed by atoms with E-state index in [0.29, 0.717) is 11.8 Å². The van der Waals surface area contributed by atoms with Crippen LogP contribution in [0.1, 0.15) is 11.1 Å². The molecular weight excluding hydrogens is 298 g/mol. The zero-order chi connectivity index (χ0) is 16.2. The molecule has 0 amide bonds. The third kappa shape index (κ3) is 2.90. The molecule has 0 N–H and O–H groups in total. The second kappa shape index (κ2) is 6.38. The SMILES string of the molecule is c1ccc(C2=NN(c3ccccc3)N=C(c3ccccc3)O2)cc1. The van der Waals surface area contributed by atoms with E-state index in [9.17, 15) is 0 Å². The molecule has 4 heteroatoms. The molecule has 4 rings (SSSR count). The summed E-state index contributed by atoms with van der Waals surface area (Å²) in [7, 11) is 0. The first-order valence-electron chi connectivity index (χ1n) is 7.71. The Morgan fingerprint density at radius 1 is 0.542 bits per heavy atom. The fraction of sp³-hybridized carbons (Fsp3) is 0. The maximum absolute atomic E-state index is 5.97. The van der Waals surface area contributed by atoms with E-state index in [1.54, 1.807) is 5.12 Å². The van der Waals surface area contributed by atoms with E-state index < -0.39 is 0 Å². The van der Waals surface area contributed by atoms with E-state index in [-0.39, 0.29) is 0 Å². The van der Waals surface area contributed by atoms with Crippen molar-refractivity contribution in [2.45, 2.75) is 0 Å². The van der Waals surface area contributed by atoms with Crippen LogP contribution in [0.15, 0.2) is 101 Å². The minimum atomic E-state index is 0.522. The summed E-state index contributed by atoms with van der Waals surface area (Å²) in [6.07, 6.45) is 0. The van der Waals surface area contributed by atoms with Crippen LogP contribution in [0.4, 0.5) is 5.69 Å². The Bertz CT molecular complexity index is 819. The molecule has 1 aliphatic heterocycles. The van der Waals surface area contributed by atoms with Crippen molar-refractivity contribution in [3.05, 3.63) is 102 Å². The van der Waals surface area contributed by atoms with Crippen molar-refractivity contribution in [3.63, 3.8) is 0 Å². The first kappa shape index (κ1) is 14.2. The zero-order valence-corrected chi connectivity index (χ0v) is 12.9. The Labute approximate surface area is 140 Å². The van der Waals surface area contributed by atoms with Gasteiger partial charge < -0.3 is 4.74 Å². The number of anilines is 1. The van der Waals surface area contributed by atoms with Crippen molar-refractivity contribution in [1.29, 1.82) is 0 Å². The summed E-state index contributed by atoms with van der Waals surface area (Å²) in [4.78, 5) is 0. The Morgan fingerprint density at radius 3 is 1.42 bits per heavy atom. The van der Waals surface area contributed by atoms with E-state index in [2.05, 4.69) is 10.2 Å². The minimum absolute atomic E-state index is 0.522. The molecule has 3 aromatic carbocycles. The summed E-state index contributed by atoms with van der Waals surface area (Å²) in [6, 6.07) is 29.5. The molecular formula is C20H15N3O. The fourth-order valence-electron chi connectivity index (χ4n) is 2.40. The van der Waals surface area contributed by atoms with E-state index >= 15 is 0 Å². The lowest BCUT2D eigenvalue weighted by molar-refractivity contribution is 0.519. The van der Waals surface area contributed by atoms with Crippen LogP contribution in [-0.4, -0.2) is 11.8 Å². The third-order valence-corrected chi connectivity index (χ3v) is 3.59. The van der Waals surface area contributed by atoms with Crippen molar-refractivity contribution in [2.75, 3.05) is 5.12 Å². The summed E-state index contributed by atoms with van der Waals surface area (Å²) in [5.41, 5.74) is 2.69. The normalized spacial score (nSPS) is 13.8.